The first-order valence-electron chi connectivity index (χ1n) is 5.72. The van der Waals surface area contributed by atoms with Gasteiger partial charge < -0.3 is 0 Å². The van der Waals surface area contributed by atoms with Crippen molar-refractivity contribution in [3.63, 3.8) is 0 Å². The van der Waals surface area contributed by atoms with Crippen LogP contribution >= 0.6 is 22.7 Å². The molecule has 0 fully saturated rings. The maximum atomic E-state index is 11.8. The second-order valence-corrected chi connectivity index (χ2v) is 6.33. The summed E-state index contributed by atoms with van der Waals surface area (Å²) >= 11 is 2.98. The van der Waals surface area contributed by atoms with Gasteiger partial charge in [-0.05, 0) is 20.9 Å². The minimum absolute atomic E-state index is 0.0826. The number of carbonyl (C=O) groups is 1. The lowest BCUT2D eigenvalue weighted by atomic mass is 10.3. The monoisotopic (exact) mass is 297 g/mol. The molecule has 102 valence electrons. The molecule has 0 aromatic carbocycles. The van der Waals surface area contributed by atoms with Crippen LogP contribution in [0.4, 0.5) is 5.13 Å². The molecule has 2 heterocycles. The number of aromatic nitrogens is 3. The molecule has 2 rings (SSSR count). The van der Waals surface area contributed by atoms with Gasteiger partial charge in [-0.25, -0.2) is 4.98 Å². The van der Waals surface area contributed by atoms with Gasteiger partial charge in [0, 0.05) is 11.4 Å². The summed E-state index contributed by atoms with van der Waals surface area (Å²) in [5, 5.41) is 11.8. The fourth-order valence-electron chi connectivity index (χ4n) is 1.53. The summed E-state index contributed by atoms with van der Waals surface area (Å²) in [6.45, 7) is 4.87. The van der Waals surface area contributed by atoms with Crippen molar-refractivity contribution >= 4 is 33.7 Å². The smallest absolute Gasteiger partial charge is 0.240 e. The lowest BCUT2D eigenvalue weighted by Crippen LogP contribution is -2.29. The van der Waals surface area contributed by atoms with E-state index in [0.29, 0.717) is 11.7 Å². The minimum atomic E-state index is -0.0826. The van der Waals surface area contributed by atoms with Gasteiger partial charge in [0.1, 0.15) is 5.01 Å². The molecule has 8 heteroatoms. The van der Waals surface area contributed by atoms with Crippen molar-refractivity contribution in [3.8, 4) is 0 Å². The van der Waals surface area contributed by atoms with Crippen molar-refractivity contribution in [3.05, 3.63) is 21.1 Å². The standard InChI is InChI=1S/C11H15N5OS2/c1-7-9(18-6-12-7)4-16(3)5-10(17)13-11-15-14-8(2)19-11/h6H,4-5H2,1-3H3,(H,13,15,17). The van der Waals surface area contributed by atoms with Gasteiger partial charge in [-0.2, -0.15) is 0 Å². The van der Waals surface area contributed by atoms with Crippen LogP contribution in [0, 0.1) is 13.8 Å². The number of hydrogen-bond acceptors (Lipinski definition) is 7. The van der Waals surface area contributed by atoms with Gasteiger partial charge in [0.2, 0.25) is 11.0 Å². The Hall–Kier alpha value is -1.38. The van der Waals surface area contributed by atoms with Crippen LogP contribution in [0.25, 0.3) is 0 Å². The van der Waals surface area contributed by atoms with Crippen LogP contribution < -0.4 is 5.32 Å². The van der Waals surface area contributed by atoms with E-state index in [0.717, 1.165) is 17.2 Å². The Bertz CT molecular complexity index is 565. The fraction of sp³-hybridized carbons (Fsp3) is 0.455. The quantitative estimate of drug-likeness (QED) is 0.909. The second kappa shape index (κ2) is 6.18. The molecule has 2 aromatic rings. The molecular formula is C11H15N5OS2. The van der Waals surface area contributed by atoms with E-state index in [9.17, 15) is 4.79 Å². The topological polar surface area (TPSA) is 71.0 Å². The van der Waals surface area contributed by atoms with Crippen molar-refractivity contribution in [1.29, 1.82) is 0 Å². The molecule has 0 aliphatic rings. The number of nitrogens with zero attached hydrogens (tertiary/aromatic N) is 4. The molecule has 2 aromatic heterocycles. The van der Waals surface area contributed by atoms with Crippen LogP contribution in [0.1, 0.15) is 15.6 Å². The van der Waals surface area contributed by atoms with E-state index in [1.54, 1.807) is 11.3 Å². The molecule has 0 aliphatic heterocycles. The van der Waals surface area contributed by atoms with E-state index in [1.807, 2.05) is 31.3 Å². The fourth-order valence-corrected chi connectivity index (χ4v) is 2.99. The van der Waals surface area contributed by atoms with Gasteiger partial charge in [0.25, 0.3) is 0 Å². The van der Waals surface area contributed by atoms with Crippen LogP contribution in [-0.4, -0.2) is 39.6 Å². The number of hydrogen-bond donors (Lipinski definition) is 1. The van der Waals surface area contributed by atoms with E-state index in [1.165, 1.54) is 16.2 Å². The summed E-state index contributed by atoms with van der Waals surface area (Å²) in [7, 11) is 1.91. The lowest BCUT2D eigenvalue weighted by Gasteiger charge is -2.14. The van der Waals surface area contributed by atoms with E-state index < -0.39 is 0 Å². The summed E-state index contributed by atoms with van der Waals surface area (Å²) in [4.78, 5) is 19.1. The predicted molar refractivity (Wildman–Crippen MR) is 76.5 cm³/mol. The van der Waals surface area contributed by atoms with Gasteiger partial charge in [0.15, 0.2) is 0 Å². The number of likely N-dealkylation sites (N-methyl/N-ethyl adjacent to an activating group) is 1. The molecule has 0 unspecified atom stereocenters. The maximum Gasteiger partial charge on any atom is 0.240 e. The van der Waals surface area contributed by atoms with E-state index in [4.69, 9.17) is 0 Å². The molecular weight excluding hydrogens is 282 g/mol. The average molecular weight is 297 g/mol. The summed E-state index contributed by atoms with van der Waals surface area (Å²) < 4.78 is 0. The van der Waals surface area contributed by atoms with Gasteiger partial charge >= 0.3 is 0 Å². The van der Waals surface area contributed by atoms with Crippen LogP contribution in [0.5, 0.6) is 0 Å². The number of anilines is 1. The number of nitrogens with one attached hydrogen (secondary N) is 1. The number of rotatable bonds is 5. The van der Waals surface area contributed by atoms with Gasteiger partial charge in [-0.15, -0.1) is 21.5 Å². The Balaban J connectivity index is 1.83. The average Bonchev–Trinajstić information content (AvgIpc) is 2.89. The van der Waals surface area contributed by atoms with Crippen molar-refractivity contribution < 1.29 is 4.79 Å². The molecule has 19 heavy (non-hydrogen) atoms. The second-order valence-electron chi connectivity index (χ2n) is 4.21. The lowest BCUT2D eigenvalue weighted by molar-refractivity contribution is -0.117. The van der Waals surface area contributed by atoms with E-state index in [-0.39, 0.29) is 5.91 Å². The number of thiazole rings is 1. The predicted octanol–water partition coefficient (Wildman–Crippen LogP) is 1.68. The Labute approximate surface area is 119 Å². The highest BCUT2D eigenvalue weighted by atomic mass is 32.1. The highest BCUT2D eigenvalue weighted by Crippen LogP contribution is 2.15. The molecule has 0 atom stereocenters. The zero-order valence-electron chi connectivity index (χ0n) is 11.0. The summed E-state index contributed by atoms with van der Waals surface area (Å²) in [6.07, 6.45) is 0. The van der Waals surface area contributed by atoms with Crippen LogP contribution in [0.3, 0.4) is 0 Å². The van der Waals surface area contributed by atoms with Gasteiger partial charge in [-0.3, -0.25) is 15.0 Å². The van der Waals surface area contributed by atoms with E-state index >= 15 is 0 Å². The zero-order valence-corrected chi connectivity index (χ0v) is 12.6. The highest BCUT2D eigenvalue weighted by Gasteiger charge is 2.11. The largest absolute Gasteiger partial charge is 0.299 e. The van der Waals surface area contributed by atoms with Crippen LogP contribution in [0.2, 0.25) is 0 Å². The zero-order chi connectivity index (χ0) is 13.8. The molecule has 0 bridgehead atoms. The SMILES string of the molecule is Cc1nnc(NC(=O)CN(C)Cc2scnc2C)s1. The Morgan fingerprint density at radius 3 is 2.79 bits per heavy atom. The summed E-state index contributed by atoms with van der Waals surface area (Å²) in [5.41, 5.74) is 2.85. The molecule has 0 aliphatic carbocycles. The maximum absolute atomic E-state index is 11.8. The van der Waals surface area contributed by atoms with Crippen LogP contribution in [0.15, 0.2) is 5.51 Å². The normalized spacial score (nSPS) is 10.9. The molecule has 6 nitrogen and oxygen atoms in total. The molecule has 0 saturated heterocycles. The highest BCUT2D eigenvalue weighted by molar-refractivity contribution is 7.15. The number of amides is 1. The molecule has 0 radical (unpaired) electrons. The summed E-state index contributed by atoms with van der Waals surface area (Å²) in [5.74, 6) is -0.0826. The van der Waals surface area contributed by atoms with Gasteiger partial charge in [-0.1, -0.05) is 11.3 Å². The van der Waals surface area contributed by atoms with Gasteiger partial charge in [0.05, 0.1) is 17.7 Å². The first-order chi connectivity index (χ1) is 9.04. The summed E-state index contributed by atoms with van der Waals surface area (Å²) in [6, 6.07) is 0. The number of aryl methyl sites for hydroxylation is 2. The third-order valence-electron chi connectivity index (χ3n) is 2.44. The molecule has 0 spiro atoms. The molecule has 1 N–H and O–H groups in total. The third-order valence-corrected chi connectivity index (χ3v) is 4.12. The Morgan fingerprint density at radius 2 is 2.21 bits per heavy atom. The third kappa shape index (κ3) is 4.05. The van der Waals surface area contributed by atoms with E-state index in [2.05, 4.69) is 20.5 Å². The Morgan fingerprint density at radius 1 is 1.42 bits per heavy atom. The molecule has 1 amide bonds. The Kier molecular flexibility index (Phi) is 4.56. The first kappa shape index (κ1) is 14.0. The van der Waals surface area contributed by atoms with Crippen molar-refractivity contribution in [2.24, 2.45) is 0 Å². The first-order valence-corrected chi connectivity index (χ1v) is 7.41. The van der Waals surface area contributed by atoms with Crippen molar-refractivity contribution in [2.75, 3.05) is 18.9 Å². The van der Waals surface area contributed by atoms with Crippen molar-refractivity contribution in [1.82, 2.24) is 20.1 Å². The molecule has 0 saturated carbocycles. The van der Waals surface area contributed by atoms with Crippen LogP contribution in [-0.2, 0) is 11.3 Å². The minimum Gasteiger partial charge on any atom is -0.299 e. The number of carbonyl (C=O) groups excluding carboxylic acids is 1. The van der Waals surface area contributed by atoms with Crippen molar-refractivity contribution in [2.45, 2.75) is 20.4 Å².